The van der Waals surface area contributed by atoms with E-state index in [1.165, 1.54) is 0 Å². The highest BCUT2D eigenvalue weighted by atomic mass is 16.6. The highest BCUT2D eigenvalue weighted by molar-refractivity contribution is 5.76. The third kappa shape index (κ3) is 4.48. The lowest BCUT2D eigenvalue weighted by Crippen LogP contribution is -2.23. The van der Waals surface area contributed by atoms with Crippen LogP contribution in [0.25, 0.3) is 0 Å². The van der Waals surface area contributed by atoms with Crippen molar-refractivity contribution in [3.8, 4) is 11.5 Å². The molecule has 0 saturated carbocycles. The van der Waals surface area contributed by atoms with Crippen LogP contribution in [-0.4, -0.2) is 36.4 Å². The van der Waals surface area contributed by atoms with Crippen molar-refractivity contribution >= 4 is 5.91 Å². The number of nitrogens with one attached hydrogen (secondary N) is 1. The summed E-state index contributed by atoms with van der Waals surface area (Å²) >= 11 is 0. The Bertz CT molecular complexity index is 731. The molecule has 134 valence electrons. The number of hydrogen-bond donors (Lipinski definition) is 1. The lowest BCUT2D eigenvalue weighted by atomic mass is 10.2. The molecule has 1 aliphatic rings. The molecule has 1 N–H and O–H groups in total. The second-order valence-electron chi connectivity index (χ2n) is 5.68. The molecule has 2 heterocycles. The topological polar surface area (TPSA) is 95.7 Å². The molecule has 1 aromatic carbocycles. The summed E-state index contributed by atoms with van der Waals surface area (Å²) in [6, 6.07) is 5.64. The summed E-state index contributed by atoms with van der Waals surface area (Å²) < 4.78 is 21.2. The number of hydrogen-bond acceptors (Lipinski definition) is 7. The summed E-state index contributed by atoms with van der Waals surface area (Å²) in [5.74, 6) is 2.26. The molecule has 0 fully saturated rings. The fourth-order valence-electron chi connectivity index (χ4n) is 2.35. The summed E-state index contributed by atoms with van der Waals surface area (Å²) in [5, 5.41) is 6.70. The first-order valence-electron chi connectivity index (χ1n) is 8.16. The average molecular weight is 347 g/mol. The molecule has 1 aliphatic heterocycles. The van der Waals surface area contributed by atoms with Crippen LogP contribution < -0.4 is 14.8 Å². The maximum Gasteiger partial charge on any atom is 0.227 e. The van der Waals surface area contributed by atoms with E-state index in [1.807, 2.05) is 25.1 Å². The molecular weight excluding hydrogens is 326 g/mol. The van der Waals surface area contributed by atoms with E-state index in [0.717, 1.165) is 11.3 Å². The van der Waals surface area contributed by atoms with Gasteiger partial charge in [-0.1, -0.05) is 11.2 Å². The van der Waals surface area contributed by atoms with Crippen LogP contribution in [0.15, 0.2) is 22.7 Å². The maximum atomic E-state index is 12.0. The smallest absolute Gasteiger partial charge is 0.227 e. The molecule has 8 nitrogen and oxygen atoms in total. The summed E-state index contributed by atoms with van der Waals surface area (Å²) in [4.78, 5) is 16.2. The number of nitrogens with zero attached hydrogens (tertiary/aromatic N) is 2. The number of amides is 1. The Morgan fingerprint density at radius 1 is 1.32 bits per heavy atom. The van der Waals surface area contributed by atoms with Crippen LogP contribution >= 0.6 is 0 Å². The number of rotatable bonds is 7. The van der Waals surface area contributed by atoms with Crippen molar-refractivity contribution in [2.24, 2.45) is 0 Å². The van der Waals surface area contributed by atoms with E-state index in [-0.39, 0.29) is 18.4 Å². The van der Waals surface area contributed by atoms with Crippen LogP contribution in [0.4, 0.5) is 0 Å². The fourth-order valence-corrected chi connectivity index (χ4v) is 2.35. The second-order valence-corrected chi connectivity index (χ2v) is 5.68. The van der Waals surface area contributed by atoms with E-state index in [2.05, 4.69) is 15.5 Å². The number of benzene rings is 1. The van der Waals surface area contributed by atoms with Gasteiger partial charge in [-0.05, 0) is 24.6 Å². The van der Waals surface area contributed by atoms with E-state index >= 15 is 0 Å². The minimum Gasteiger partial charge on any atom is -0.486 e. The molecule has 1 atom stereocenters. The number of aryl methyl sites for hydroxylation is 1. The molecule has 8 heteroatoms. The zero-order valence-electron chi connectivity index (χ0n) is 14.3. The number of aromatic nitrogens is 2. The van der Waals surface area contributed by atoms with Gasteiger partial charge >= 0.3 is 0 Å². The van der Waals surface area contributed by atoms with Gasteiger partial charge in [0.05, 0.1) is 0 Å². The zero-order valence-corrected chi connectivity index (χ0v) is 14.3. The molecule has 25 heavy (non-hydrogen) atoms. The molecule has 0 bridgehead atoms. The first kappa shape index (κ1) is 17.2. The molecule has 3 rings (SSSR count). The van der Waals surface area contributed by atoms with Gasteiger partial charge in [-0.3, -0.25) is 4.79 Å². The summed E-state index contributed by atoms with van der Waals surface area (Å²) in [6.07, 6.45) is 0.422. The molecule has 0 spiro atoms. The van der Waals surface area contributed by atoms with Gasteiger partial charge in [0.15, 0.2) is 17.3 Å². The van der Waals surface area contributed by atoms with Crippen LogP contribution in [0.3, 0.4) is 0 Å². The van der Waals surface area contributed by atoms with Crippen molar-refractivity contribution < 1.29 is 23.5 Å². The Balaban J connectivity index is 1.46. The van der Waals surface area contributed by atoms with E-state index < -0.39 is 0 Å². The van der Waals surface area contributed by atoms with Crippen LogP contribution in [0.5, 0.6) is 11.5 Å². The second kappa shape index (κ2) is 7.98. The zero-order chi connectivity index (χ0) is 17.6. The lowest BCUT2D eigenvalue weighted by molar-refractivity contribution is -0.121. The van der Waals surface area contributed by atoms with Gasteiger partial charge < -0.3 is 24.1 Å². The molecule has 0 saturated heterocycles. The Morgan fingerprint density at radius 3 is 2.92 bits per heavy atom. The van der Waals surface area contributed by atoms with E-state index in [0.29, 0.717) is 43.6 Å². The van der Waals surface area contributed by atoms with Crippen LogP contribution in [0, 0.1) is 0 Å². The van der Waals surface area contributed by atoms with E-state index in [4.69, 9.17) is 18.7 Å². The first-order valence-corrected chi connectivity index (χ1v) is 8.16. The minimum absolute atomic E-state index is 0.0885. The fraction of sp³-hybridized carbons (Fsp3) is 0.471. The van der Waals surface area contributed by atoms with Gasteiger partial charge in [-0.25, -0.2) is 0 Å². The van der Waals surface area contributed by atoms with Crippen molar-refractivity contribution in [2.75, 3.05) is 20.3 Å². The highest BCUT2D eigenvalue weighted by Crippen LogP contribution is 2.30. The average Bonchev–Trinajstić information content (AvgIpc) is 3.13. The van der Waals surface area contributed by atoms with E-state index in [1.54, 1.807) is 7.11 Å². The number of carbonyl (C=O) groups excluding carboxylic acids is 1. The van der Waals surface area contributed by atoms with Crippen molar-refractivity contribution in [1.82, 2.24) is 15.5 Å². The highest BCUT2D eigenvalue weighted by Gasteiger charge is 2.14. The van der Waals surface area contributed by atoms with Gasteiger partial charge in [0.2, 0.25) is 11.8 Å². The predicted molar refractivity (Wildman–Crippen MR) is 87.3 cm³/mol. The van der Waals surface area contributed by atoms with Gasteiger partial charge in [0.25, 0.3) is 0 Å². The number of carbonyl (C=O) groups is 1. The molecule has 1 aromatic heterocycles. The normalized spacial score (nSPS) is 14.2. The van der Waals surface area contributed by atoms with Gasteiger partial charge in [0, 0.05) is 26.5 Å². The van der Waals surface area contributed by atoms with Gasteiger partial charge in [0.1, 0.15) is 19.3 Å². The van der Waals surface area contributed by atoms with Gasteiger partial charge in [-0.2, -0.15) is 4.98 Å². The summed E-state index contributed by atoms with van der Waals surface area (Å²) in [7, 11) is 1.58. The monoisotopic (exact) mass is 347 g/mol. The Morgan fingerprint density at radius 2 is 2.12 bits per heavy atom. The number of ether oxygens (including phenoxy) is 3. The van der Waals surface area contributed by atoms with Crippen molar-refractivity contribution in [1.29, 1.82) is 0 Å². The van der Waals surface area contributed by atoms with Crippen molar-refractivity contribution in [3.05, 3.63) is 35.5 Å². The third-order valence-electron chi connectivity index (χ3n) is 3.86. The summed E-state index contributed by atoms with van der Waals surface area (Å²) in [6.45, 7) is 3.35. The summed E-state index contributed by atoms with van der Waals surface area (Å²) in [5.41, 5.74) is 0.951. The molecule has 2 aromatic rings. The van der Waals surface area contributed by atoms with Crippen LogP contribution in [0.1, 0.15) is 36.7 Å². The van der Waals surface area contributed by atoms with Crippen molar-refractivity contribution in [3.63, 3.8) is 0 Å². The number of fused-ring (bicyclic) bond motifs is 1. The van der Waals surface area contributed by atoms with E-state index in [9.17, 15) is 4.79 Å². The SMILES string of the molecule is CO[C@H](C)c1noc(CCC(=O)NCc2ccc3c(c2)OCCO3)n1. The Hall–Kier alpha value is -2.61. The van der Waals surface area contributed by atoms with Crippen LogP contribution in [-0.2, 0) is 22.5 Å². The Kier molecular flexibility index (Phi) is 5.49. The Labute approximate surface area is 145 Å². The number of methoxy groups -OCH3 is 1. The maximum absolute atomic E-state index is 12.0. The van der Waals surface area contributed by atoms with Gasteiger partial charge in [-0.15, -0.1) is 0 Å². The standard InChI is InChI=1S/C17H21N3O5/c1-11(22-2)17-19-16(25-20-17)6-5-15(21)18-10-12-3-4-13-14(9-12)24-8-7-23-13/h3-4,9,11H,5-8,10H2,1-2H3,(H,18,21)/t11-/m1/s1. The minimum atomic E-state index is -0.235. The lowest BCUT2D eigenvalue weighted by Gasteiger charge is -2.18. The largest absolute Gasteiger partial charge is 0.486 e. The quantitative estimate of drug-likeness (QED) is 0.816. The molecule has 0 radical (unpaired) electrons. The third-order valence-corrected chi connectivity index (χ3v) is 3.86. The predicted octanol–water partition coefficient (Wildman–Crippen LogP) is 1.80. The van der Waals surface area contributed by atoms with Crippen LogP contribution in [0.2, 0.25) is 0 Å². The molecule has 1 amide bonds. The van der Waals surface area contributed by atoms with Crippen molar-refractivity contribution in [2.45, 2.75) is 32.4 Å². The first-order chi connectivity index (χ1) is 12.2. The molecule has 0 unspecified atom stereocenters. The molecule has 0 aliphatic carbocycles. The molecular formula is C17H21N3O5.